The van der Waals surface area contributed by atoms with Gasteiger partial charge in [0.1, 0.15) is 0 Å². The van der Waals surface area contributed by atoms with Crippen molar-refractivity contribution in [1.82, 2.24) is 4.98 Å². The van der Waals surface area contributed by atoms with E-state index in [1.165, 1.54) is 11.3 Å². The second-order valence-corrected chi connectivity index (χ2v) is 4.82. The van der Waals surface area contributed by atoms with E-state index in [1.54, 1.807) is 6.20 Å². The topological polar surface area (TPSA) is 68.0 Å². The van der Waals surface area contributed by atoms with E-state index in [9.17, 15) is 4.79 Å². The quantitative estimate of drug-likeness (QED) is 0.635. The van der Waals surface area contributed by atoms with Gasteiger partial charge in [0.2, 0.25) is 5.78 Å². The summed E-state index contributed by atoms with van der Waals surface area (Å²) < 4.78 is 0. The van der Waals surface area contributed by atoms with Crippen molar-refractivity contribution >= 4 is 34.7 Å². The molecule has 2 aromatic rings. The van der Waals surface area contributed by atoms with Gasteiger partial charge in [-0.15, -0.1) is 12.4 Å². The molecule has 0 saturated heterocycles. The number of thiazole rings is 1. The van der Waals surface area contributed by atoms with E-state index in [-0.39, 0.29) is 18.2 Å². The Kier molecular flexibility index (Phi) is 6.49. The SMILES string of the molecule is Cl.NCCCNc1ncc(C(=O)c2ccccc2)s1. The van der Waals surface area contributed by atoms with Crippen molar-refractivity contribution in [2.24, 2.45) is 5.73 Å². The molecule has 0 aliphatic rings. The summed E-state index contributed by atoms with van der Waals surface area (Å²) in [5.74, 6) is 0.0139. The van der Waals surface area contributed by atoms with Crippen LogP contribution in [-0.4, -0.2) is 23.9 Å². The summed E-state index contributed by atoms with van der Waals surface area (Å²) >= 11 is 1.37. The largest absolute Gasteiger partial charge is 0.361 e. The number of nitrogens with two attached hydrogens (primary N) is 1. The highest BCUT2D eigenvalue weighted by Gasteiger charge is 2.12. The number of benzene rings is 1. The van der Waals surface area contributed by atoms with Crippen molar-refractivity contribution in [2.45, 2.75) is 6.42 Å². The first-order valence-electron chi connectivity index (χ1n) is 5.81. The average Bonchev–Trinajstić information content (AvgIpc) is 2.88. The minimum Gasteiger partial charge on any atom is -0.361 e. The van der Waals surface area contributed by atoms with Gasteiger partial charge in [0.25, 0.3) is 0 Å². The predicted molar refractivity (Wildman–Crippen MR) is 81.4 cm³/mol. The van der Waals surface area contributed by atoms with Gasteiger partial charge < -0.3 is 11.1 Å². The van der Waals surface area contributed by atoms with Crippen LogP contribution in [0.2, 0.25) is 0 Å². The molecule has 3 N–H and O–H groups in total. The van der Waals surface area contributed by atoms with Gasteiger partial charge in [-0.1, -0.05) is 41.7 Å². The van der Waals surface area contributed by atoms with Crippen LogP contribution in [0.3, 0.4) is 0 Å². The third kappa shape index (κ3) is 4.31. The van der Waals surface area contributed by atoms with E-state index in [0.29, 0.717) is 17.0 Å². The molecule has 0 aliphatic heterocycles. The standard InChI is InChI=1S/C13H15N3OS.ClH/c14-7-4-8-15-13-16-9-11(18-13)12(17)10-5-2-1-3-6-10;/h1-3,5-6,9H,4,7-8,14H2,(H,15,16);1H. The van der Waals surface area contributed by atoms with Crippen LogP contribution in [-0.2, 0) is 0 Å². The van der Waals surface area contributed by atoms with Crippen molar-refractivity contribution in [2.75, 3.05) is 18.4 Å². The lowest BCUT2D eigenvalue weighted by Gasteiger charge is -1.99. The van der Waals surface area contributed by atoms with Crippen molar-refractivity contribution in [3.8, 4) is 0 Å². The summed E-state index contributed by atoms with van der Waals surface area (Å²) in [6, 6.07) is 9.22. The first-order valence-corrected chi connectivity index (χ1v) is 6.62. The Morgan fingerprint density at radius 3 is 2.74 bits per heavy atom. The molecule has 0 saturated carbocycles. The van der Waals surface area contributed by atoms with Crippen LogP contribution < -0.4 is 11.1 Å². The summed E-state index contributed by atoms with van der Waals surface area (Å²) in [7, 11) is 0. The monoisotopic (exact) mass is 297 g/mol. The molecule has 0 radical (unpaired) electrons. The molecule has 0 aliphatic carbocycles. The number of ketones is 1. The smallest absolute Gasteiger partial charge is 0.204 e. The van der Waals surface area contributed by atoms with E-state index >= 15 is 0 Å². The Morgan fingerprint density at radius 1 is 1.32 bits per heavy atom. The van der Waals surface area contributed by atoms with E-state index in [0.717, 1.165) is 18.1 Å². The Hall–Kier alpha value is -1.43. The highest BCUT2D eigenvalue weighted by atomic mass is 35.5. The van der Waals surface area contributed by atoms with Crippen LogP contribution in [0.4, 0.5) is 5.13 Å². The summed E-state index contributed by atoms with van der Waals surface area (Å²) in [6.45, 7) is 1.43. The van der Waals surface area contributed by atoms with Crippen molar-refractivity contribution in [1.29, 1.82) is 0 Å². The van der Waals surface area contributed by atoms with Crippen LogP contribution in [0.5, 0.6) is 0 Å². The fourth-order valence-corrected chi connectivity index (χ4v) is 2.29. The average molecular weight is 298 g/mol. The molecule has 19 heavy (non-hydrogen) atoms. The molecule has 1 aromatic heterocycles. The maximum atomic E-state index is 12.1. The lowest BCUT2D eigenvalue weighted by Crippen LogP contribution is -2.07. The van der Waals surface area contributed by atoms with Crippen LogP contribution in [0.1, 0.15) is 21.7 Å². The van der Waals surface area contributed by atoms with Gasteiger partial charge in [-0.05, 0) is 13.0 Å². The highest BCUT2D eigenvalue weighted by molar-refractivity contribution is 7.17. The van der Waals surface area contributed by atoms with Gasteiger partial charge in [-0.25, -0.2) is 4.98 Å². The molecule has 102 valence electrons. The first kappa shape index (κ1) is 15.6. The lowest BCUT2D eigenvalue weighted by molar-refractivity contribution is 0.104. The molecular weight excluding hydrogens is 282 g/mol. The molecule has 0 atom stereocenters. The molecule has 1 heterocycles. The van der Waals surface area contributed by atoms with Crippen molar-refractivity contribution in [3.05, 3.63) is 47.0 Å². The zero-order valence-corrected chi connectivity index (χ0v) is 12.0. The number of carbonyl (C=O) groups excluding carboxylic acids is 1. The van der Waals surface area contributed by atoms with E-state index in [4.69, 9.17) is 5.73 Å². The van der Waals surface area contributed by atoms with Crippen LogP contribution >= 0.6 is 23.7 Å². The van der Waals surface area contributed by atoms with E-state index < -0.39 is 0 Å². The second-order valence-electron chi connectivity index (χ2n) is 3.79. The molecule has 0 bridgehead atoms. The maximum absolute atomic E-state index is 12.1. The Balaban J connectivity index is 0.00000180. The number of aromatic nitrogens is 1. The number of hydrogen-bond donors (Lipinski definition) is 2. The minimum atomic E-state index is 0. The molecule has 0 amide bonds. The van der Waals surface area contributed by atoms with E-state index in [2.05, 4.69) is 10.3 Å². The van der Waals surface area contributed by atoms with Crippen LogP contribution in [0, 0.1) is 0 Å². The molecule has 0 unspecified atom stereocenters. The highest BCUT2D eigenvalue weighted by Crippen LogP contribution is 2.21. The van der Waals surface area contributed by atoms with Gasteiger partial charge in [-0.3, -0.25) is 4.79 Å². The summed E-state index contributed by atoms with van der Waals surface area (Å²) in [5, 5.41) is 3.91. The summed E-state index contributed by atoms with van der Waals surface area (Å²) in [5.41, 5.74) is 6.10. The molecule has 0 spiro atoms. The fraction of sp³-hybridized carbons (Fsp3) is 0.231. The summed E-state index contributed by atoms with van der Waals surface area (Å²) in [6.07, 6.45) is 2.51. The zero-order chi connectivity index (χ0) is 12.8. The van der Waals surface area contributed by atoms with Gasteiger partial charge >= 0.3 is 0 Å². The van der Waals surface area contributed by atoms with Crippen molar-refractivity contribution < 1.29 is 4.79 Å². The van der Waals surface area contributed by atoms with Crippen molar-refractivity contribution in [3.63, 3.8) is 0 Å². The lowest BCUT2D eigenvalue weighted by atomic mass is 10.1. The number of hydrogen-bond acceptors (Lipinski definition) is 5. The maximum Gasteiger partial charge on any atom is 0.204 e. The van der Waals surface area contributed by atoms with Crippen LogP contribution in [0.15, 0.2) is 36.5 Å². The molecule has 6 heteroatoms. The van der Waals surface area contributed by atoms with Gasteiger partial charge in [0.05, 0.1) is 11.1 Å². The number of nitrogens with zero attached hydrogens (tertiary/aromatic N) is 1. The molecular formula is C13H16ClN3OS. The first-order chi connectivity index (χ1) is 8.81. The zero-order valence-electron chi connectivity index (χ0n) is 10.3. The normalized spacial score (nSPS) is 9.74. The number of halogens is 1. The summed E-state index contributed by atoms with van der Waals surface area (Å²) in [4.78, 5) is 16.9. The molecule has 4 nitrogen and oxygen atoms in total. The second kappa shape index (κ2) is 7.89. The molecule has 1 aromatic carbocycles. The Morgan fingerprint density at radius 2 is 2.05 bits per heavy atom. The van der Waals surface area contributed by atoms with Gasteiger partial charge in [0.15, 0.2) is 5.13 Å². The van der Waals surface area contributed by atoms with Gasteiger partial charge in [0, 0.05) is 12.1 Å². The Bertz CT molecular complexity index is 516. The van der Waals surface area contributed by atoms with E-state index in [1.807, 2.05) is 30.3 Å². The predicted octanol–water partition coefficient (Wildman–Crippen LogP) is 2.56. The third-order valence-corrected chi connectivity index (χ3v) is 3.38. The minimum absolute atomic E-state index is 0. The van der Waals surface area contributed by atoms with Gasteiger partial charge in [-0.2, -0.15) is 0 Å². The molecule has 2 rings (SSSR count). The van der Waals surface area contributed by atoms with Crippen LogP contribution in [0.25, 0.3) is 0 Å². The number of anilines is 1. The number of carbonyl (C=O) groups is 1. The fourth-order valence-electron chi connectivity index (χ4n) is 1.49. The number of nitrogens with one attached hydrogen (secondary N) is 1. The number of rotatable bonds is 6. The third-order valence-electron chi connectivity index (χ3n) is 2.42. The Labute approximate surface area is 122 Å². The molecule has 0 fully saturated rings.